The Morgan fingerprint density at radius 2 is 2.20 bits per heavy atom. The van der Waals surface area contributed by atoms with Crippen molar-refractivity contribution >= 4 is 30.6 Å². The summed E-state index contributed by atoms with van der Waals surface area (Å²) in [5.41, 5.74) is 0. The van der Waals surface area contributed by atoms with Gasteiger partial charge < -0.3 is 9.96 Å². The Kier molecular flexibility index (Phi) is 6.89. The van der Waals surface area contributed by atoms with Crippen molar-refractivity contribution in [2.75, 3.05) is 6.61 Å². The molecule has 1 N–H and O–H groups in total. The SMILES string of the molecule is [B]NC(C)CCOC(C)I. The third-order valence-electron chi connectivity index (χ3n) is 1.18. The highest BCUT2D eigenvalue weighted by Gasteiger charge is 1.98. The second-order valence-electron chi connectivity index (χ2n) is 2.27. The van der Waals surface area contributed by atoms with E-state index in [9.17, 15) is 0 Å². The molecule has 4 heteroatoms. The van der Waals surface area contributed by atoms with Gasteiger partial charge in [-0.05, 0) is 19.4 Å². The van der Waals surface area contributed by atoms with Gasteiger partial charge in [-0.3, -0.25) is 0 Å². The molecule has 0 aliphatic rings. The Morgan fingerprint density at radius 3 is 2.60 bits per heavy atom. The van der Waals surface area contributed by atoms with E-state index in [0.717, 1.165) is 13.0 Å². The minimum Gasteiger partial charge on any atom is -0.368 e. The summed E-state index contributed by atoms with van der Waals surface area (Å²) in [7, 11) is 5.18. The van der Waals surface area contributed by atoms with Crippen LogP contribution in [0.2, 0.25) is 0 Å². The quantitative estimate of drug-likeness (QED) is 0.452. The zero-order valence-electron chi connectivity index (χ0n) is 6.43. The first-order valence-corrected chi connectivity index (χ1v) is 4.63. The molecule has 2 nitrogen and oxygen atoms in total. The van der Waals surface area contributed by atoms with E-state index in [1.54, 1.807) is 0 Å². The zero-order valence-corrected chi connectivity index (χ0v) is 8.59. The first kappa shape index (κ1) is 10.7. The number of hydrogen-bond acceptors (Lipinski definition) is 2. The lowest BCUT2D eigenvalue weighted by molar-refractivity contribution is 0.127. The third kappa shape index (κ3) is 6.83. The molecule has 0 aliphatic heterocycles. The maximum Gasteiger partial charge on any atom is 0.178 e. The minimum absolute atomic E-state index is 0.294. The maximum absolute atomic E-state index is 5.31. The van der Waals surface area contributed by atoms with Crippen molar-refractivity contribution in [1.29, 1.82) is 0 Å². The van der Waals surface area contributed by atoms with Gasteiger partial charge in [0.15, 0.2) is 7.98 Å². The van der Waals surface area contributed by atoms with Crippen molar-refractivity contribution in [2.45, 2.75) is 30.4 Å². The molecular formula is C6H13BINO. The van der Waals surface area contributed by atoms with Gasteiger partial charge in [-0.2, -0.15) is 0 Å². The van der Waals surface area contributed by atoms with Crippen LogP contribution < -0.4 is 5.23 Å². The van der Waals surface area contributed by atoms with Gasteiger partial charge in [0.05, 0.1) is 0 Å². The smallest absolute Gasteiger partial charge is 0.178 e. The van der Waals surface area contributed by atoms with E-state index in [0.29, 0.717) is 10.2 Å². The number of alkyl halides is 1. The van der Waals surface area contributed by atoms with Crippen molar-refractivity contribution in [3.63, 3.8) is 0 Å². The standard InChI is InChI=1S/C6H13BINO/c1-5(9-7)3-4-10-6(2)8/h5-6,9H,3-4H2,1-2H3. The fraction of sp³-hybridized carbons (Fsp3) is 1.00. The van der Waals surface area contributed by atoms with Crippen LogP contribution in [0.3, 0.4) is 0 Å². The molecule has 0 saturated heterocycles. The molecule has 58 valence electrons. The summed E-state index contributed by atoms with van der Waals surface area (Å²) in [6, 6.07) is 0.343. The van der Waals surface area contributed by atoms with Crippen LogP contribution in [0.15, 0.2) is 0 Å². The highest BCUT2D eigenvalue weighted by molar-refractivity contribution is 14.1. The van der Waals surface area contributed by atoms with Crippen molar-refractivity contribution in [3.05, 3.63) is 0 Å². The van der Waals surface area contributed by atoms with Crippen molar-refractivity contribution < 1.29 is 4.74 Å². The van der Waals surface area contributed by atoms with E-state index in [4.69, 9.17) is 12.7 Å². The van der Waals surface area contributed by atoms with Crippen LogP contribution in [0.1, 0.15) is 20.3 Å². The number of hydrogen-bond donors (Lipinski definition) is 1. The van der Waals surface area contributed by atoms with E-state index >= 15 is 0 Å². The van der Waals surface area contributed by atoms with E-state index in [1.807, 2.05) is 13.8 Å². The lowest BCUT2D eigenvalue weighted by atomic mass is 10.2. The average molecular weight is 253 g/mol. The van der Waals surface area contributed by atoms with Gasteiger partial charge in [-0.25, -0.2) is 0 Å². The molecule has 0 aromatic heterocycles. The van der Waals surface area contributed by atoms with Crippen LogP contribution in [-0.2, 0) is 4.74 Å². The fourth-order valence-corrected chi connectivity index (χ4v) is 0.745. The van der Waals surface area contributed by atoms with Gasteiger partial charge in [0.1, 0.15) is 4.11 Å². The average Bonchev–Trinajstić information content (AvgIpc) is 1.87. The van der Waals surface area contributed by atoms with Gasteiger partial charge in [0.2, 0.25) is 0 Å². The Balaban J connectivity index is 3.03. The highest BCUT2D eigenvalue weighted by Crippen LogP contribution is 2.01. The normalized spacial score (nSPS) is 16.7. The Bertz CT molecular complexity index is 82.1. The van der Waals surface area contributed by atoms with Crippen molar-refractivity contribution in [1.82, 2.24) is 5.23 Å². The fourth-order valence-electron chi connectivity index (χ4n) is 0.491. The maximum atomic E-state index is 5.31. The van der Waals surface area contributed by atoms with Crippen molar-refractivity contribution in [2.24, 2.45) is 0 Å². The second kappa shape index (κ2) is 6.43. The zero-order chi connectivity index (χ0) is 7.98. The molecule has 10 heavy (non-hydrogen) atoms. The van der Waals surface area contributed by atoms with Crippen LogP contribution in [0.5, 0.6) is 0 Å². The van der Waals surface area contributed by atoms with Crippen LogP contribution >= 0.6 is 22.6 Å². The molecular weight excluding hydrogens is 240 g/mol. The van der Waals surface area contributed by atoms with Crippen LogP contribution in [0.25, 0.3) is 0 Å². The summed E-state index contributed by atoms with van der Waals surface area (Å²) in [4.78, 5) is 0. The topological polar surface area (TPSA) is 21.3 Å². The second-order valence-corrected chi connectivity index (χ2v) is 4.02. The van der Waals surface area contributed by atoms with Gasteiger partial charge in [-0.15, -0.1) is 0 Å². The first-order valence-electron chi connectivity index (χ1n) is 3.38. The van der Waals surface area contributed by atoms with E-state index in [2.05, 4.69) is 27.8 Å². The third-order valence-corrected chi connectivity index (χ3v) is 1.54. The molecule has 0 aromatic rings. The number of halogens is 1. The minimum atomic E-state index is 0.294. The summed E-state index contributed by atoms with van der Waals surface area (Å²) >= 11 is 2.23. The molecule has 0 aromatic carbocycles. The van der Waals surface area contributed by atoms with Gasteiger partial charge in [0, 0.05) is 6.61 Å². The monoisotopic (exact) mass is 253 g/mol. The van der Waals surface area contributed by atoms with Gasteiger partial charge in [0.25, 0.3) is 0 Å². The molecule has 2 radical (unpaired) electrons. The summed E-state index contributed by atoms with van der Waals surface area (Å²) < 4.78 is 5.60. The molecule has 2 unspecified atom stereocenters. The van der Waals surface area contributed by atoms with Crippen LogP contribution in [0, 0.1) is 0 Å². The molecule has 0 amide bonds. The largest absolute Gasteiger partial charge is 0.368 e. The Morgan fingerprint density at radius 1 is 1.60 bits per heavy atom. The molecule has 0 rings (SSSR count). The summed E-state index contributed by atoms with van der Waals surface area (Å²) in [6.07, 6.45) is 0.962. The Labute approximate surface area is 77.7 Å². The van der Waals surface area contributed by atoms with Crippen LogP contribution in [-0.4, -0.2) is 24.7 Å². The highest BCUT2D eigenvalue weighted by atomic mass is 127. The summed E-state index contributed by atoms with van der Waals surface area (Å²) in [6.45, 7) is 4.82. The summed E-state index contributed by atoms with van der Waals surface area (Å²) in [5, 5.41) is 2.66. The Hall–Kier alpha value is 0.715. The number of ether oxygens (including phenoxy) is 1. The van der Waals surface area contributed by atoms with E-state index < -0.39 is 0 Å². The lowest BCUT2D eigenvalue weighted by Gasteiger charge is -2.11. The lowest BCUT2D eigenvalue weighted by Crippen LogP contribution is -2.24. The predicted molar refractivity (Wildman–Crippen MR) is 52.4 cm³/mol. The van der Waals surface area contributed by atoms with Crippen LogP contribution in [0.4, 0.5) is 0 Å². The van der Waals surface area contributed by atoms with Crippen molar-refractivity contribution in [3.8, 4) is 0 Å². The molecule has 0 spiro atoms. The van der Waals surface area contributed by atoms with Gasteiger partial charge >= 0.3 is 0 Å². The van der Waals surface area contributed by atoms with E-state index in [-0.39, 0.29) is 0 Å². The number of nitrogens with one attached hydrogen (secondary N) is 1. The molecule has 2 atom stereocenters. The molecule has 0 bridgehead atoms. The first-order chi connectivity index (χ1) is 4.66. The molecule has 0 aliphatic carbocycles. The van der Waals surface area contributed by atoms with Gasteiger partial charge in [-0.1, -0.05) is 29.5 Å². The molecule has 0 heterocycles. The molecule has 0 fully saturated rings. The summed E-state index contributed by atoms with van der Waals surface area (Å²) in [5.74, 6) is 0. The predicted octanol–water partition coefficient (Wildman–Crippen LogP) is 1.24. The number of rotatable bonds is 5. The van der Waals surface area contributed by atoms with E-state index in [1.165, 1.54) is 0 Å². The molecule has 0 saturated carbocycles.